The van der Waals surface area contributed by atoms with Crippen LogP contribution < -0.4 is 15.2 Å². The molecule has 0 radical (unpaired) electrons. The summed E-state index contributed by atoms with van der Waals surface area (Å²) in [5, 5.41) is 11.4. The van der Waals surface area contributed by atoms with Crippen molar-refractivity contribution in [1.82, 2.24) is 10.3 Å². The monoisotopic (exact) mass is 479 g/mol. The molecule has 3 N–H and O–H groups in total. The number of fused-ring (bicyclic) bond motifs is 1. The van der Waals surface area contributed by atoms with E-state index in [0.717, 1.165) is 42.0 Å². The van der Waals surface area contributed by atoms with E-state index in [9.17, 15) is 8.42 Å². The van der Waals surface area contributed by atoms with Gasteiger partial charge in [-0.05, 0) is 61.6 Å². The number of halogens is 2. The van der Waals surface area contributed by atoms with Crippen molar-refractivity contribution in [2.75, 3.05) is 0 Å². The van der Waals surface area contributed by atoms with Crippen molar-refractivity contribution in [3.05, 3.63) is 64.4 Å². The molecule has 31 heavy (non-hydrogen) atoms. The van der Waals surface area contributed by atoms with Crippen LogP contribution in [-0.4, -0.2) is 25.5 Å². The second-order valence-corrected chi connectivity index (χ2v) is 10.1. The molecule has 0 bridgehead atoms. The standard InChI is InChI=1S/C22H23Cl2N3O3S/c23-19-7-1-14(11-21(19)31(25,28)29)12-27-16-3-5-17(6-4-16)30-20-8-2-15-13-26-10-9-18(15)22(20)24/h1-2,7-11,13,16-17,27H,3-6,12H2,(H2,25,28,29). The third kappa shape index (κ3) is 5.30. The first-order valence-corrected chi connectivity index (χ1v) is 12.3. The van der Waals surface area contributed by atoms with Gasteiger partial charge in [0.1, 0.15) is 10.6 Å². The SMILES string of the molecule is NS(=O)(=O)c1cc(CNC2CCC(Oc3ccc4cnccc4c3Cl)CC2)ccc1Cl. The number of hydrogen-bond donors (Lipinski definition) is 2. The predicted molar refractivity (Wildman–Crippen MR) is 123 cm³/mol. The topological polar surface area (TPSA) is 94.3 Å². The van der Waals surface area contributed by atoms with Gasteiger partial charge in [0.05, 0.1) is 16.1 Å². The fourth-order valence-electron chi connectivity index (χ4n) is 3.90. The lowest BCUT2D eigenvalue weighted by Crippen LogP contribution is -2.36. The van der Waals surface area contributed by atoms with E-state index in [2.05, 4.69) is 10.3 Å². The fraction of sp³-hybridized carbons (Fsp3) is 0.318. The molecule has 6 nitrogen and oxygen atoms in total. The number of primary sulfonamides is 1. The lowest BCUT2D eigenvalue weighted by atomic mass is 9.92. The van der Waals surface area contributed by atoms with Gasteiger partial charge in [-0.25, -0.2) is 13.6 Å². The summed E-state index contributed by atoms with van der Waals surface area (Å²) in [4.78, 5) is 4.07. The molecular formula is C22H23Cl2N3O3S. The van der Waals surface area contributed by atoms with Crippen LogP contribution >= 0.6 is 23.2 Å². The van der Waals surface area contributed by atoms with Gasteiger partial charge in [-0.15, -0.1) is 0 Å². The van der Waals surface area contributed by atoms with Crippen molar-refractivity contribution in [3.8, 4) is 5.75 Å². The van der Waals surface area contributed by atoms with Crippen molar-refractivity contribution in [1.29, 1.82) is 0 Å². The van der Waals surface area contributed by atoms with E-state index in [1.807, 2.05) is 18.2 Å². The van der Waals surface area contributed by atoms with Gasteiger partial charge in [-0.3, -0.25) is 4.98 Å². The Labute approximate surface area is 191 Å². The van der Waals surface area contributed by atoms with Crippen molar-refractivity contribution < 1.29 is 13.2 Å². The minimum Gasteiger partial charge on any atom is -0.489 e. The highest BCUT2D eigenvalue weighted by atomic mass is 35.5. The summed E-state index contributed by atoms with van der Waals surface area (Å²) in [5.74, 6) is 0.702. The summed E-state index contributed by atoms with van der Waals surface area (Å²) < 4.78 is 29.5. The Kier molecular flexibility index (Phi) is 6.69. The molecule has 4 rings (SSSR count). The minimum absolute atomic E-state index is 0.0476. The molecule has 0 unspecified atom stereocenters. The van der Waals surface area contributed by atoms with Crippen molar-refractivity contribution in [2.45, 2.75) is 49.3 Å². The van der Waals surface area contributed by atoms with E-state index in [1.54, 1.807) is 24.5 Å². The molecule has 0 spiro atoms. The van der Waals surface area contributed by atoms with E-state index in [0.29, 0.717) is 23.4 Å². The zero-order chi connectivity index (χ0) is 22.0. The summed E-state index contributed by atoms with van der Waals surface area (Å²) in [5.41, 5.74) is 0.823. The largest absolute Gasteiger partial charge is 0.489 e. The second kappa shape index (κ2) is 9.30. The van der Waals surface area contributed by atoms with Gasteiger partial charge < -0.3 is 10.1 Å². The number of rotatable bonds is 6. The Balaban J connectivity index is 1.32. The molecule has 164 valence electrons. The number of nitrogens with two attached hydrogens (primary N) is 1. The number of hydrogen-bond acceptors (Lipinski definition) is 5. The summed E-state index contributed by atoms with van der Waals surface area (Å²) in [6, 6.07) is 11.0. The van der Waals surface area contributed by atoms with Crippen LogP contribution in [0.25, 0.3) is 10.8 Å². The lowest BCUT2D eigenvalue weighted by molar-refractivity contribution is 0.139. The number of benzene rings is 2. The van der Waals surface area contributed by atoms with E-state index >= 15 is 0 Å². The molecule has 9 heteroatoms. The van der Waals surface area contributed by atoms with Gasteiger partial charge in [-0.2, -0.15) is 0 Å². The maximum Gasteiger partial charge on any atom is 0.239 e. The van der Waals surface area contributed by atoms with Gasteiger partial charge in [0.15, 0.2) is 0 Å². The Morgan fingerprint density at radius 3 is 2.61 bits per heavy atom. The van der Waals surface area contributed by atoms with Crippen LogP contribution in [0.3, 0.4) is 0 Å². The predicted octanol–water partition coefficient (Wildman–Crippen LogP) is 4.67. The average Bonchev–Trinajstić information content (AvgIpc) is 2.75. The first kappa shape index (κ1) is 22.3. The molecular weight excluding hydrogens is 457 g/mol. The minimum atomic E-state index is -3.84. The quantitative estimate of drug-likeness (QED) is 0.535. The Hall–Kier alpha value is -1.90. The van der Waals surface area contributed by atoms with Gasteiger partial charge in [0.25, 0.3) is 0 Å². The van der Waals surface area contributed by atoms with Crippen LogP contribution in [0, 0.1) is 0 Å². The van der Waals surface area contributed by atoms with Crippen molar-refractivity contribution >= 4 is 44.0 Å². The first-order chi connectivity index (χ1) is 14.8. The summed E-state index contributed by atoms with van der Waals surface area (Å²) in [6.45, 7) is 0.542. The molecule has 3 aromatic rings. The van der Waals surface area contributed by atoms with Crippen molar-refractivity contribution in [3.63, 3.8) is 0 Å². The molecule has 0 saturated heterocycles. The van der Waals surface area contributed by atoms with Crippen LogP contribution in [0.5, 0.6) is 5.75 Å². The van der Waals surface area contributed by atoms with Gasteiger partial charge in [-0.1, -0.05) is 29.3 Å². The number of nitrogens with zero attached hydrogens (tertiary/aromatic N) is 1. The number of ether oxygens (including phenoxy) is 1. The normalized spacial score (nSPS) is 19.5. The Morgan fingerprint density at radius 2 is 1.87 bits per heavy atom. The smallest absolute Gasteiger partial charge is 0.239 e. The van der Waals surface area contributed by atoms with Crippen LogP contribution in [0.1, 0.15) is 31.2 Å². The molecule has 0 amide bonds. The average molecular weight is 480 g/mol. The highest BCUT2D eigenvalue weighted by Crippen LogP contribution is 2.34. The van der Waals surface area contributed by atoms with Crippen molar-refractivity contribution in [2.24, 2.45) is 5.14 Å². The van der Waals surface area contributed by atoms with Crippen LogP contribution in [0.4, 0.5) is 0 Å². The molecule has 1 heterocycles. The highest BCUT2D eigenvalue weighted by Gasteiger charge is 2.23. The maximum absolute atomic E-state index is 11.6. The molecule has 1 aliphatic rings. The Bertz CT molecular complexity index is 1200. The highest BCUT2D eigenvalue weighted by molar-refractivity contribution is 7.89. The summed E-state index contributed by atoms with van der Waals surface area (Å²) >= 11 is 12.5. The molecule has 0 atom stereocenters. The third-order valence-electron chi connectivity index (χ3n) is 5.58. The van der Waals surface area contributed by atoms with Crippen LogP contribution in [-0.2, 0) is 16.6 Å². The van der Waals surface area contributed by atoms with Gasteiger partial charge >= 0.3 is 0 Å². The number of aromatic nitrogens is 1. The second-order valence-electron chi connectivity index (χ2n) is 7.76. The number of nitrogens with one attached hydrogen (secondary N) is 1. The summed E-state index contributed by atoms with van der Waals surface area (Å²) in [6.07, 6.45) is 7.34. The first-order valence-electron chi connectivity index (χ1n) is 10.0. The number of pyridine rings is 1. The molecule has 1 fully saturated rings. The molecule has 0 aliphatic heterocycles. The molecule has 1 aromatic heterocycles. The lowest BCUT2D eigenvalue weighted by Gasteiger charge is -2.30. The molecule has 1 aliphatic carbocycles. The third-order valence-corrected chi connectivity index (χ3v) is 7.37. The van der Waals surface area contributed by atoms with E-state index in [1.165, 1.54) is 6.07 Å². The summed E-state index contributed by atoms with van der Waals surface area (Å²) in [7, 11) is -3.84. The van der Waals surface area contributed by atoms with E-state index in [4.69, 9.17) is 33.1 Å². The van der Waals surface area contributed by atoms with Gasteiger partial charge in [0, 0.05) is 35.8 Å². The fourth-order valence-corrected chi connectivity index (χ4v) is 5.28. The zero-order valence-electron chi connectivity index (χ0n) is 16.7. The Morgan fingerprint density at radius 1 is 1.10 bits per heavy atom. The molecule has 1 saturated carbocycles. The number of sulfonamides is 1. The zero-order valence-corrected chi connectivity index (χ0v) is 19.1. The van der Waals surface area contributed by atoms with E-state index in [-0.39, 0.29) is 16.0 Å². The maximum atomic E-state index is 11.6. The van der Waals surface area contributed by atoms with Gasteiger partial charge in [0.2, 0.25) is 10.0 Å². The van der Waals surface area contributed by atoms with Crippen LogP contribution in [0.15, 0.2) is 53.7 Å². The molecule has 2 aromatic carbocycles. The van der Waals surface area contributed by atoms with Crippen LogP contribution in [0.2, 0.25) is 10.0 Å². The van der Waals surface area contributed by atoms with E-state index < -0.39 is 10.0 Å².